The van der Waals surface area contributed by atoms with Crippen molar-refractivity contribution in [2.24, 2.45) is 0 Å². The highest BCUT2D eigenvalue weighted by Gasteiger charge is 2.49. The van der Waals surface area contributed by atoms with E-state index in [1.807, 2.05) is 0 Å². The molecule has 0 radical (unpaired) electrons. The zero-order chi connectivity index (χ0) is 31.1. The molecule has 0 bridgehead atoms. The monoisotopic (exact) mass is 618 g/mol. The van der Waals surface area contributed by atoms with Crippen molar-refractivity contribution in [2.75, 3.05) is 0 Å². The molecule has 2 heterocycles. The Morgan fingerprint density at radius 2 is 1.19 bits per heavy atom. The van der Waals surface area contributed by atoms with Crippen LogP contribution in [0.25, 0.3) is 33.1 Å². The smallest absolute Gasteiger partial charge is 0.188 e. The molecule has 0 fully saturated rings. The highest BCUT2D eigenvalue weighted by atomic mass is 28.3. The van der Waals surface area contributed by atoms with E-state index in [-0.39, 0.29) is 5.92 Å². The summed E-state index contributed by atoms with van der Waals surface area (Å²) in [4.78, 5) is 0. The third-order valence-electron chi connectivity index (χ3n) is 10.3. The fourth-order valence-electron chi connectivity index (χ4n) is 8.39. The molecule has 222 valence electrons. The van der Waals surface area contributed by atoms with Crippen molar-refractivity contribution in [3.63, 3.8) is 0 Å². The number of hydrogen-bond donors (Lipinski definition) is 0. The Bertz CT molecular complexity index is 2470. The van der Waals surface area contributed by atoms with Crippen LogP contribution < -0.4 is 25.5 Å². The fraction of sp³-hybridized carbons (Fsp3) is 0.0455. The van der Waals surface area contributed by atoms with Crippen LogP contribution in [-0.4, -0.2) is 8.07 Å². The fourth-order valence-corrected chi connectivity index (χ4v) is 13.3. The Morgan fingerprint density at radius 1 is 0.532 bits per heavy atom. The van der Waals surface area contributed by atoms with E-state index in [2.05, 4.69) is 165 Å². The average molecular weight is 619 g/mol. The van der Waals surface area contributed by atoms with Gasteiger partial charge in [-0.15, -0.1) is 0 Å². The van der Waals surface area contributed by atoms with Crippen molar-refractivity contribution in [1.82, 2.24) is 0 Å². The number of aryl methyl sites for hydroxylation is 1. The summed E-state index contributed by atoms with van der Waals surface area (Å²) in [5.74, 6) is 2.03. The summed E-state index contributed by atoms with van der Waals surface area (Å²) in [6, 6.07) is 57.8. The third kappa shape index (κ3) is 3.66. The lowest BCUT2D eigenvalue weighted by Gasteiger charge is -2.40. The Balaban J connectivity index is 1.27. The van der Waals surface area contributed by atoms with Gasteiger partial charge in [0.05, 0.1) is 0 Å². The first-order valence-corrected chi connectivity index (χ1v) is 18.3. The first-order valence-electron chi connectivity index (χ1n) is 16.3. The van der Waals surface area contributed by atoms with E-state index in [0.29, 0.717) is 0 Å². The van der Waals surface area contributed by atoms with Gasteiger partial charge < -0.3 is 9.15 Å². The minimum absolute atomic E-state index is 0.0796. The third-order valence-corrected chi connectivity index (χ3v) is 15.2. The highest BCUT2D eigenvalue weighted by Crippen LogP contribution is 2.53. The predicted octanol–water partition coefficient (Wildman–Crippen LogP) is 8.54. The van der Waals surface area contributed by atoms with Gasteiger partial charge in [0.2, 0.25) is 0 Å². The maximum atomic E-state index is 7.11. The Morgan fingerprint density at radius 3 is 1.98 bits per heavy atom. The van der Waals surface area contributed by atoms with Gasteiger partial charge in [-0.3, -0.25) is 0 Å². The minimum atomic E-state index is -2.74. The molecular weight excluding hydrogens is 589 g/mol. The van der Waals surface area contributed by atoms with Crippen LogP contribution in [-0.2, 0) is 0 Å². The Kier molecular flexibility index (Phi) is 5.61. The van der Waals surface area contributed by atoms with Gasteiger partial charge in [-0.25, -0.2) is 0 Å². The summed E-state index contributed by atoms with van der Waals surface area (Å²) in [7, 11) is -2.74. The van der Waals surface area contributed by atoms with E-state index in [0.717, 1.165) is 28.1 Å². The second kappa shape index (κ2) is 9.93. The number of furan rings is 1. The molecule has 1 atom stereocenters. The molecule has 1 aliphatic heterocycles. The number of ether oxygens (including phenoxy) is 1. The van der Waals surface area contributed by atoms with E-state index < -0.39 is 8.07 Å². The van der Waals surface area contributed by atoms with Crippen LogP contribution in [0.15, 0.2) is 162 Å². The summed E-state index contributed by atoms with van der Waals surface area (Å²) in [6.07, 6.45) is 0. The molecule has 47 heavy (non-hydrogen) atoms. The molecule has 7 aromatic carbocycles. The standard InChI is InChI=1S/C44H30O2Si/c1-28-20-23-37-35(26-28)36-27-29(21-24-38(36)45-37)42-32-16-8-9-17-33(32)43-34(42)22-25-41-44(43)46-39-18-10-11-19-40(39)47(41,30-12-4-2-5-13-30)31-14-6-3-7-15-31/h2-27,42H,1H3. The lowest BCUT2D eigenvalue weighted by Crippen LogP contribution is -2.76. The minimum Gasteiger partial charge on any atom is -0.457 e. The highest BCUT2D eigenvalue weighted by molar-refractivity contribution is 7.20. The molecule has 8 aromatic rings. The van der Waals surface area contributed by atoms with Crippen LogP contribution in [0.5, 0.6) is 11.5 Å². The molecule has 0 saturated heterocycles. The second-order valence-electron chi connectivity index (χ2n) is 12.9. The van der Waals surface area contributed by atoms with Crippen LogP contribution in [0.1, 0.15) is 28.2 Å². The maximum absolute atomic E-state index is 7.11. The first kappa shape index (κ1) is 26.6. The first-order chi connectivity index (χ1) is 23.2. The van der Waals surface area contributed by atoms with Crippen molar-refractivity contribution in [3.8, 4) is 22.6 Å². The molecule has 3 heteroatoms. The molecule has 1 aliphatic carbocycles. The molecule has 0 spiro atoms. The van der Waals surface area contributed by atoms with Gasteiger partial charge in [-0.2, -0.15) is 0 Å². The molecule has 2 nitrogen and oxygen atoms in total. The summed E-state index contributed by atoms with van der Waals surface area (Å²) in [5, 5.41) is 7.64. The molecule has 1 aromatic heterocycles. The summed E-state index contributed by atoms with van der Waals surface area (Å²) in [5.41, 5.74) is 9.42. The summed E-state index contributed by atoms with van der Waals surface area (Å²) < 4.78 is 13.4. The van der Waals surface area contributed by atoms with Crippen molar-refractivity contribution in [3.05, 3.63) is 180 Å². The van der Waals surface area contributed by atoms with E-state index in [1.165, 1.54) is 59.5 Å². The molecule has 0 saturated carbocycles. The average Bonchev–Trinajstić information content (AvgIpc) is 3.66. The number of para-hydroxylation sites is 1. The Labute approximate surface area is 274 Å². The molecule has 10 rings (SSSR count). The van der Waals surface area contributed by atoms with E-state index >= 15 is 0 Å². The van der Waals surface area contributed by atoms with Gasteiger partial charge in [0.15, 0.2) is 8.07 Å². The van der Waals surface area contributed by atoms with E-state index in [4.69, 9.17) is 9.15 Å². The van der Waals surface area contributed by atoms with Crippen LogP contribution >= 0.6 is 0 Å². The van der Waals surface area contributed by atoms with Crippen LogP contribution in [0.3, 0.4) is 0 Å². The van der Waals surface area contributed by atoms with Gasteiger partial charge in [0, 0.05) is 22.3 Å². The Hall–Kier alpha value is -5.64. The van der Waals surface area contributed by atoms with Gasteiger partial charge >= 0.3 is 0 Å². The van der Waals surface area contributed by atoms with Crippen molar-refractivity contribution in [2.45, 2.75) is 12.8 Å². The van der Waals surface area contributed by atoms with Crippen LogP contribution in [0, 0.1) is 6.92 Å². The normalized spacial score (nSPS) is 15.5. The molecular formula is C44H30O2Si. The number of rotatable bonds is 3. The largest absolute Gasteiger partial charge is 0.457 e. The molecule has 0 N–H and O–H groups in total. The lowest BCUT2D eigenvalue weighted by molar-refractivity contribution is 0.488. The van der Waals surface area contributed by atoms with Gasteiger partial charge in [-0.05, 0) is 80.3 Å². The number of hydrogen-bond acceptors (Lipinski definition) is 2. The summed E-state index contributed by atoms with van der Waals surface area (Å²) >= 11 is 0. The van der Waals surface area contributed by atoms with Gasteiger partial charge in [0.1, 0.15) is 22.7 Å². The van der Waals surface area contributed by atoms with Crippen LogP contribution in [0.2, 0.25) is 0 Å². The lowest BCUT2D eigenvalue weighted by atomic mass is 9.88. The summed E-state index contributed by atoms with van der Waals surface area (Å²) in [6.45, 7) is 2.14. The van der Waals surface area contributed by atoms with Crippen molar-refractivity contribution >= 4 is 50.8 Å². The van der Waals surface area contributed by atoms with E-state index in [9.17, 15) is 0 Å². The van der Waals surface area contributed by atoms with E-state index in [1.54, 1.807) is 0 Å². The predicted molar refractivity (Wildman–Crippen MR) is 195 cm³/mol. The second-order valence-corrected chi connectivity index (χ2v) is 16.6. The number of benzene rings is 7. The molecule has 2 aliphatic rings. The van der Waals surface area contributed by atoms with Gasteiger partial charge in [-0.1, -0.05) is 133 Å². The zero-order valence-electron chi connectivity index (χ0n) is 25.9. The van der Waals surface area contributed by atoms with Crippen molar-refractivity contribution < 1.29 is 9.15 Å². The molecule has 0 amide bonds. The maximum Gasteiger partial charge on any atom is 0.188 e. The van der Waals surface area contributed by atoms with Gasteiger partial charge in [0.25, 0.3) is 0 Å². The molecule has 1 unspecified atom stereocenters. The van der Waals surface area contributed by atoms with Crippen molar-refractivity contribution in [1.29, 1.82) is 0 Å². The SMILES string of the molecule is Cc1ccc2oc3ccc(C4c5ccccc5-c5c4ccc4c5Oc5ccccc5[Si]4(c4ccccc4)c4ccccc4)cc3c2c1. The topological polar surface area (TPSA) is 22.4 Å². The van der Waals surface area contributed by atoms with Crippen LogP contribution in [0.4, 0.5) is 0 Å². The quantitative estimate of drug-likeness (QED) is 0.185. The zero-order valence-corrected chi connectivity index (χ0v) is 26.9. The number of fused-ring (bicyclic) bond motifs is 9.